The summed E-state index contributed by atoms with van der Waals surface area (Å²) in [5, 5.41) is 10.9. The molecule has 0 aromatic heterocycles. The second-order valence-corrected chi connectivity index (χ2v) is 6.60. The third-order valence-electron chi connectivity index (χ3n) is 4.86. The first kappa shape index (κ1) is 19.6. The van der Waals surface area contributed by atoms with E-state index in [0.717, 1.165) is 6.42 Å². The van der Waals surface area contributed by atoms with Crippen molar-refractivity contribution in [3.8, 4) is 5.75 Å². The number of aliphatic hydroxyl groups excluding tert-OH is 1. The van der Waals surface area contributed by atoms with Gasteiger partial charge >= 0.3 is 0 Å². The molecule has 0 aliphatic carbocycles. The Morgan fingerprint density at radius 2 is 1.82 bits per heavy atom. The molecule has 1 N–H and O–H groups in total. The third kappa shape index (κ3) is 3.50. The topological polar surface area (TPSA) is 66.8 Å². The van der Waals surface area contributed by atoms with Crippen molar-refractivity contribution in [3.63, 3.8) is 0 Å². The van der Waals surface area contributed by atoms with E-state index in [4.69, 9.17) is 4.74 Å². The molecule has 6 heteroatoms. The second-order valence-electron chi connectivity index (χ2n) is 6.60. The van der Waals surface area contributed by atoms with Crippen LogP contribution in [0.25, 0.3) is 5.76 Å². The van der Waals surface area contributed by atoms with Crippen molar-refractivity contribution in [1.82, 2.24) is 4.90 Å². The van der Waals surface area contributed by atoms with Gasteiger partial charge in [0, 0.05) is 17.7 Å². The number of nitrogens with zero attached hydrogens (tertiary/aromatic N) is 1. The van der Waals surface area contributed by atoms with Gasteiger partial charge in [0.15, 0.2) is 0 Å². The molecule has 0 spiro atoms. The first-order valence-corrected chi connectivity index (χ1v) is 9.16. The number of carbonyl (C=O) groups excluding carboxylic acids is 2. The summed E-state index contributed by atoms with van der Waals surface area (Å²) in [5.41, 5.74) is 0.444. The molecule has 1 aliphatic heterocycles. The molecule has 1 heterocycles. The maximum absolute atomic E-state index is 14.6. The minimum atomic E-state index is -0.963. The minimum absolute atomic E-state index is 0.101. The number of benzene rings is 2. The van der Waals surface area contributed by atoms with E-state index in [0.29, 0.717) is 24.3 Å². The number of aliphatic hydroxyl groups is 1. The van der Waals surface area contributed by atoms with E-state index in [9.17, 15) is 19.1 Å². The molecule has 0 radical (unpaired) electrons. The first-order valence-electron chi connectivity index (χ1n) is 9.16. The van der Waals surface area contributed by atoms with Gasteiger partial charge in [-0.2, -0.15) is 0 Å². The van der Waals surface area contributed by atoms with Crippen molar-refractivity contribution in [2.75, 3.05) is 13.7 Å². The van der Waals surface area contributed by atoms with Crippen molar-refractivity contribution in [2.45, 2.75) is 25.8 Å². The van der Waals surface area contributed by atoms with Crippen molar-refractivity contribution in [1.29, 1.82) is 0 Å². The zero-order valence-corrected chi connectivity index (χ0v) is 15.8. The Labute approximate surface area is 163 Å². The molecule has 5 nitrogen and oxygen atoms in total. The summed E-state index contributed by atoms with van der Waals surface area (Å²) in [4.78, 5) is 26.7. The standard InChI is InChI=1S/C22H22FNO4/c1-3-4-13-24-19(16-7-5-6-8-17(16)23)18(21(26)22(24)27)20(25)14-9-11-15(28-2)12-10-14/h5-12,19,25H,3-4,13H2,1-2H3/t19-/m1/s1. The van der Waals surface area contributed by atoms with Gasteiger partial charge in [-0.1, -0.05) is 31.5 Å². The van der Waals surface area contributed by atoms with Crippen molar-refractivity contribution < 1.29 is 23.8 Å². The maximum atomic E-state index is 14.6. The normalized spacial score (nSPS) is 18.5. The molecule has 0 unspecified atom stereocenters. The van der Waals surface area contributed by atoms with Gasteiger partial charge in [0.1, 0.15) is 17.3 Å². The Kier molecular flexibility index (Phi) is 5.78. The van der Waals surface area contributed by atoms with E-state index in [1.54, 1.807) is 36.4 Å². The van der Waals surface area contributed by atoms with E-state index >= 15 is 0 Å². The van der Waals surface area contributed by atoms with Crippen LogP contribution in [0.3, 0.4) is 0 Å². The minimum Gasteiger partial charge on any atom is -0.507 e. The van der Waals surface area contributed by atoms with Gasteiger partial charge in [-0.05, 0) is 36.8 Å². The highest BCUT2D eigenvalue weighted by molar-refractivity contribution is 6.46. The average molecular weight is 383 g/mol. The van der Waals surface area contributed by atoms with Crippen LogP contribution in [0.5, 0.6) is 5.75 Å². The molecule has 1 aliphatic rings. The molecule has 1 fully saturated rings. The monoisotopic (exact) mass is 383 g/mol. The summed E-state index contributed by atoms with van der Waals surface area (Å²) < 4.78 is 19.7. The van der Waals surface area contributed by atoms with Crippen LogP contribution in [0.15, 0.2) is 54.1 Å². The molecule has 1 saturated heterocycles. The average Bonchev–Trinajstić information content (AvgIpc) is 2.96. The molecule has 28 heavy (non-hydrogen) atoms. The highest BCUT2D eigenvalue weighted by Gasteiger charge is 2.46. The predicted octanol–water partition coefficient (Wildman–Crippen LogP) is 4.06. The summed E-state index contributed by atoms with van der Waals surface area (Å²) in [5.74, 6) is -1.80. The van der Waals surface area contributed by atoms with Crippen LogP contribution in [-0.2, 0) is 9.59 Å². The number of rotatable bonds is 6. The van der Waals surface area contributed by atoms with Crippen LogP contribution >= 0.6 is 0 Å². The van der Waals surface area contributed by atoms with Crippen LogP contribution in [0.2, 0.25) is 0 Å². The summed E-state index contributed by atoms with van der Waals surface area (Å²) in [6, 6.07) is 11.5. The Hall–Kier alpha value is -3.15. The molecular formula is C22H22FNO4. The lowest BCUT2D eigenvalue weighted by Gasteiger charge is -2.25. The Balaban J connectivity index is 2.16. The van der Waals surface area contributed by atoms with Gasteiger partial charge in [0.2, 0.25) is 0 Å². The third-order valence-corrected chi connectivity index (χ3v) is 4.86. The van der Waals surface area contributed by atoms with E-state index in [2.05, 4.69) is 0 Å². The lowest BCUT2D eigenvalue weighted by atomic mass is 9.95. The van der Waals surface area contributed by atoms with Gasteiger partial charge in [0.25, 0.3) is 11.7 Å². The van der Waals surface area contributed by atoms with Crippen molar-refractivity contribution in [2.24, 2.45) is 0 Å². The van der Waals surface area contributed by atoms with Crippen LogP contribution < -0.4 is 4.74 Å². The predicted molar refractivity (Wildman–Crippen MR) is 103 cm³/mol. The number of halogens is 1. The maximum Gasteiger partial charge on any atom is 0.295 e. The summed E-state index contributed by atoms with van der Waals surface area (Å²) in [7, 11) is 1.52. The molecule has 2 aromatic carbocycles. The Bertz CT molecular complexity index is 920. The molecule has 0 saturated carbocycles. The number of Topliss-reactive ketones (excluding diaryl/α,β-unsaturated/α-hetero) is 1. The molecule has 2 aromatic rings. The fourth-order valence-electron chi connectivity index (χ4n) is 3.36. The number of unbranched alkanes of at least 4 members (excludes halogenated alkanes) is 1. The fourth-order valence-corrected chi connectivity index (χ4v) is 3.36. The lowest BCUT2D eigenvalue weighted by Crippen LogP contribution is -2.31. The SMILES string of the molecule is CCCCN1C(=O)C(=O)C(=C(O)c2ccc(OC)cc2)[C@H]1c1ccccc1F. The number of likely N-dealkylation sites (tertiary alicyclic amines) is 1. The van der Waals surface area contributed by atoms with Crippen molar-refractivity contribution >= 4 is 17.4 Å². The van der Waals surface area contributed by atoms with E-state index in [1.165, 1.54) is 24.1 Å². The largest absolute Gasteiger partial charge is 0.507 e. The number of hydrogen-bond donors (Lipinski definition) is 1. The highest BCUT2D eigenvalue weighted by Crippen LogP contribution is 2.40. The molecule has 0 bridgehead atoms. The van der Waals surface area contributed by atoms with Gasteiger partial charge in [0.05, 0.1) is 18.7 Å². The zero-order valence-electron chi connectivity index (χ0n) is 15.8. The van der Waals surface area contributed by atoms with Crippen LogP contribution in [-0.4, -0.2) is 35.4 Å². The summed E-state index contributed by atoms with van der Waals surface area (Å²) >= 11 is 0. The fraction of sp³-hybridized carbons (Fsp3) is 0.273. The van der Waals surface area contributed by atoms with Crippen molar-refractivity contribution in [3.05, 3.63) is 71.0 Å². The van der Waals surface area contributed by atoms with E-state index < -0.39 is 23.5 Å². The van der Waals surface area contributed by atoms with Crippen LogP contribution in [0, 0.1) is 5.82 Å². The quantitative estimate of drug-likeness (QED) is 0.464. The number of ether oxygens (including phenoxy) is 1. The van der Waals surface area contributed by atoms with Crippen LogP contribution in [0.4, 0.5) is 4.39 Å². The second kappa shape index (κ2) is 8.25. The molecule has 1 atom stereocenters. The summed E-state index contributed by atoms with van der Waals surface area (Å²) in [6.07, 6.45) is 1.48. The lowest BCUT2D eigenvalue weighted by molar-refractivity contribution is -0.139. The Morgan fingerprint density at radius 3 is 2.43 bits per heavy atom. The molecule has 1 amide bonds. The van der Waals surface area contributed by atoms with Gasteiger partial charge < -0.3 is 14.7 Å². The number of amides is 1. The first-order chi connectivity index (χ1) is 13.5. The highest BCUT2D eigenvalue weighted by atomic mass is 19.1. The van der Waals surface area contributed by atoms with Gasteiger partial charge in [-0.3, -0.25) is 9.59 Å². The Morgan fingerprint density at radius 1 is 1.14 bits per heavy atom. The smallest absolute Gasteiger partial charge is 0.295 e. The van der Waals surface area contributed by atoms with E-state index in [1.807, 2.05) is 6.92 Å². The van der Waals surface area contributed by atoms with Gasteiger partial charge in [-0.15, -0.1) is 0 Å². The molecule has 146 valence electrons. The van der Waals surface area contributed by atoms with Gasteiger partial charge in [-0.25, -0.2) is 4.39 Å². The van der Waals surface area contributed by atoms with Crippen LogP contribution in [0.1, 0.15) is 36.9 Å². The molecular weight excluding hydrogens is 361 g/mol. The zero-order chi connectivity index (χ0) is 20.3. The molecule has 3 rings (SSSR count). The summed E-state index contributed by atoms with van der Waals surface area (Å²) in [6.45, 7) is 2.27. The number of ketones is 1. The van der Waals surface area contributed by atoms with E-state index in [-0.39, 0.29) is 16.9 Å². The number of carbonyl (C=O) groups is 2. The number of methoxy groups -OCH3 is 1. The number of hydrogen-bond acceptors (Lipinski definition) is 4.